The van der Waals surface area contributed by atoms with E-state index in [4.69, 9.17) is 22.1 Å². The molecule has 0 fully saturated rings. The second-order valence-corrected chi connectivity index (χ2v) is 5.80. The van der Waals surface area contributed by atoms with Crippen LogP contribution in [0, 0.1) is 5.82 Å². The van der Waals surface area contributed by atoms with E-state index in [1.54, 1.807) is 11.3 Å². The Labute approximate surface area is 122 Å². The minimum atomic E-state index is -0.517. The van der Waals surface area contributed by atoms with Gasteiger partial charge in [-0.15, -0.1) is 11.3 Å². The SMILES string of the molecule is NCC(Oc1cc(F)c(Cl)cc1Br)c1cccs1. The number of hydrogen-bond acceptors (Lipinski definition) is 3. The zero-order valence-corrected chi connectivity index (χ0v) is 12.4. The van der Waals surface area contributed by atoms with Crippen molar-refractivity contribution in [2.75, 3.05) is 6.54 Å². The molecule has 2 nitrogen and oxygen atoms in total. The van der Waals surface area contributed by atoms with Gasteiger partial charge >= 0.3 is 0 Å². The average Bonchev–Trinajstić information content (AvgIpc) is 2.85. The van der Waals surface area contributed by atoms with E-state index in [9.17, 15) is 4.39 Å². The molecule has 0 saturated heterocycles. The molecule has 0 aliphatic heterocycles. The highest BCUT2D eigenvalue weighted by Crippen LogP contribution is 2.34. The van der Waals surface area contributed by atoms with Gasteiger partial charge in [0.1, 0.15) is 17.7 Å². The van der Waals surface area contributed by atoms with Crippen molar-refractivity contribution in [2.45, 2.75) is 6.10 Å². The van der Waals surface area contributed by atoms with E-state index in [-0.39, 0.29) is 11.1 Å². The largest absolute Gasteiger partial charge is 0.482 e. The normalized spacial score (nSPS) is 12.4. The van der Waals surface area contributed by atoms with Gasteiger partial charge in [0.25, 0.3) is 0 Å². The van der Waals surface area contributed by atoms with Crippen LogP contribution in [0.2, 0.25) is 5.02 Å². The van der Waals surface area contributed by atoms with Crippen LogP contribution in [0.3, 0.4) is 0 Å². The molecular formula is C12H10BrClFNOS. The second kappa shape index (κ2) is 6.02. The zero-order chi connectivity index (χ0) is 13.1. The van der Waals surface area contributed by atoms with Crippen LogP contribution in [0.15, 0.2) is 34.1 Å². The Morgan fingerprint density at radius 3 is 2.89 bits per heavy atom. The number of hydrogen-bond donors (Lipinski definition) is 1. The van der Waals surface area contributed by atoms with E-state index in [1.165, 1.54) is 12.1 Å². The van der Waals surface area contributed by atoms with Crippen LogP contribution < -0.4 is 10.5 Å². The highest BCUT2D eigenvalue weighted by atomic mass is 79.9. The quantitative estimate of drug-likeness (QED) is 0.830. The van der Waals surface area contributed by atoms with Crippen LogP contribution in [0.5, 0.6) is 5.75 Å². The summed E-state index contributed by atoms with van der Waals surface area (Å²) in [4.78, 5) is 1.000. The molecule has 0 aliphatic rings. The van der Waals surface area contributed by atoms with Crippen molar-refractivity contribution in [3.8, 4) is 5.75 Å². The maximum atomic E-state index is 13.4. The predicted molar refractivity (Wildman–Crippen MR) is 75.9 cm³/mol. The third-order valence-electron chi connectivity index (χ3n) is 2.32. The topological polar surface area (TPSA) is 35.2 Å². The summed E-state index contributed by atoms with van der Waals surface area (Å²) < 4.78 is 19.7. The summed E-state index contributed by atoms with van der Waals surface area (Å²) in [6.07, 6.45) is -0.290. The summed E-state index contributed by atoms with van der Waals surface area (Å²) in [6, 6.07) is 6.57. The van der Waals surface area contributed by atoms with E-state index in [2.05, 4.69) is 15.9 Å². The third-order valence-corrected chi connectivity index (χ3v) is 4.19. The predicted octanol–water partition coefficient (Wildman–Crippen LogP) is 4.38. The summed E-state index contributed by atoms with van der Waals surface area (Å²) in [5.41, 5.74) is 5.68. The highest BCUT2D eigenvalue weighted by Gasteiger charge is 2.16. The monoisotopic (exact) mass is 349 g/mol. The molecular weight excluding hydrogens is 341 g/mol. The Hall–Kier alpha value is -0.620. The lowest BCUT2D eigenvalue weighted by atomic mass is 10.2. The van der Waals surface area contributed by atoms with Gasteiger partial charge in [-0.25, -0.2) is 4.39 Å². The van der Waals surface area contributed by atoms with Gasteiger partial charge in [-0.1, -0.05) is 17.7 Å². The maximum Gasteiger partial charge on any atom is 0.145 e. The molecule has 1 unspecified atom stereocenters. The molecule has 0 amide bonds. The Bertz CT molecular complexity index is 535. The van der Waals surface area contributed by atoms with E-state index >= 15 is 0 Å². The van der Waals surface area contributed by atoms with Gasteiger partial charge in [-0.3, -0.25) is 0 Å². The number of thiophene rings is 1. The van der Waals surface area contributed by atoms with Gasteiger partial charge in [-0.2, -0.15) is 0 Å². The summed E-state index contributed by atoms with van der Waals surface area (Å²) >= 11 is 10.5. The molecule has 96 valence electrons. The number of nitrogens with two attached hydrogens (primary N) is 1. The van der Waals surface area contributed by atoms with E-state index in [0.717, 1.165) is 4.88 Å². The van der Waals surface area contributed by atoms with Crippen molar-refractivity contribution >= 4 is 38.9 Å². The molecule has 1 aromatic carbocycles. The first-order chi connectivity index (χ1) is 8.61. The van der Waals surface area contributed by atoms with Crippen molar-refractivity contribution in [1.82, 2.24) is 0 Å². The molecule has 0 spiro atoms. The summed E-state index contributed by atoms with van der Waals surface area (Å²) in [5, 5.41) is 1.99. The molecule has 0 aliphatic carbocycles. The fourth-order valence-corrected chi connectivity index (χ4v) is 2.94. The van der Waals surface area contributed by atoms with Crippen molar-refractivity contribution in [2.24, 2.45) is 5.73 Å². The molecule has 6 heteroatoms. The van der Waals surface area contributed by atoms with Gasteiger partial charge in [0.05, 0.1) is 9.50 Å². The van der Waals surface area contributed by atoms with Gasteiger partial charge in [0.15, 0.2) is 0 Å². The molecule has 1 heterocycles. The Morgan fingerprint density at radius 2 is 2.28 bits per heavy atom. The number of benzene rings is 1. The summed E-state index contributed by atoms with van der Waals surface area (Å²) in [7, 11) is 0. The lowest BCUT2D eigenvalue weighted by Gasteiger charge is -2.17. The molecule has 1 atom stereocenters. The summed E-state index contributed by atoms with van der Waals surface area (Å²) in [5.74, 6) is -0.127. The van der Waals surface area contributed by atoms with Gasteiger partial charge in [0.2, 0.25) is 0 Å². The minimum absolute atomic E-state index is 0.0506. The van der Waals surface area contributed by atoms with Crippen molar-refractivity contribution in [1.29, 1.82) is 0 Å². The first-order valence-corrected chi connectivity index (χ1v) is 7.21. The molecule has 0 bridgehead atoms. The van der Waals surface area contributed by atoms with Crippen LogP contribution in [-0.2, 0) is 0 Å². The minimum Gasteiger partial charge on any atom is -0.482 e. The van der Waals surface area contributed by atoms with Gasteiger partial charge in [0, 0.05) is 17.5 Å². The van der Waals surface area contributed by atoms with Crippen LogP contribution in [0.1, 0.15) is 11.0 Å². The Balaban J connectivity index is 2.25. The lowest BCUT2D eigenvalue weighted by molar-refractivity contribution is 0.215. The molecule has 0 saturated carbocycles. The van der Waals surface area contributed by atoms with Crippen molar-refractivity contribution in [3.05, 3.63) is 49.8 Å². The Kier molecular flexibility index (Phi) is 4.61. The van der Waals surface area contributed by atoms with E-state index in [0.29, 0.717) is 16.8 Å². The molecule has 18 heavy (non-hydrogen) atoms. The standard InChI is InChI=1S/C12H10BrClFNOS/c13-7-4-8(14)9(15)5-10(7)17-11(6-16)12-2-1-3-18-12/h1-5,11H,6,16H2. The smallest absolute Gasteiger partial charge is 0.145 e. The van der Waals surface area contributed by atoms with E-state index < -0.39 is 5.82 Å². The second-order valence-electron chi connectivity index (χ2n) is 3.55. The van der Waals surface area contributed by atoms with Crippen molar-refractivity contribution < 1.29 is 9.13 Å². The number of ether oxygens (including phenoxy) is 1. The maximum absolute atomic E-state index is 13.4. The van der Waals surface area contributed by atoms with Crippen LogP contribution >= 0.6 is 38.9 Å². The van der Waals surface area contributed by atoms with Gasteiger partial charge in [-0.05, 0) is 33.4 Å². The van der Waals surface area contributed by atoms with E-state index in [1.807, 2.05) is 17.5 Å². The Morgan fingerprint density at radius 1 is 1.50 bits per heavy atom. The van der Waals surface area contributed by atoms with Crippen LogP contribution in [0.25, 0.3) is 0 Å². The summed E-state index contributed by atoms with van der Waals surface area (Å²) in [6.45, 7) is 0.317. The molecule has 2 N–H and O–H groups in total. The first kappa shape index (κ1) is 13.8. The molecule has 1 aromatic heterocycles. The average molecular weight is 351 g/mol. The molecule has 2 rings (SSSR count). The zero-order valence-electron chi connectivity index (χ0n) is 9.20. The number of halogens is 3. The highest BCUT2D eigenvalue weighted by molar-refractivity contribution is 9.10. The third kappa shape index (κ3) is 3.03. The van der Waals surface area contributed by atoms with Crippen LogP contribution in [-0.4, -0.2) is 6.54 Å². The fraction of sp³-hybridized carbons (Fsp3) is 0.167. The van der Waals surface area contributed by atoms with Gasteiger partial charge < -0.3 is 10.5 Å². The first-order valence-electron chi connectivity index (χ1n) is 5.16. The van der Waals surface area contributed by atoms with Crippen molar-refractivity contribution in [3.63, 3.8) is 0 Å². The fourth-order valence-electron chi connectivity index (χ4n) is 1.44. The molecule has 2 aromatic rings. The molecule has 0 radical (unpaired) electrons. The lowest BCUT2D eigenvalue weighted by Crippen LogP contribution is -2.17. The number of rotatable bonds is 4. The van der Waals surface area contributed by atoms with Crippen LogP contribution in [0.4, 0.5) is 4.39 Å².